The molecule has 0 unspecified atom stereocenters. The molecular weight excluding hydrogens is 306 g/mol. The Kier molecular flexibility index (Phi) is 4.97. The second-order valence-electron chi connectivity index (χ2n) is 5.77. The number of rotatable bonds is 5. The number of hydrogen-bond donors (Lipinski definition) is 2. The van der Waals surface area contributed by atoms with Crippen LogP contribution >= 0.6 is 11.6 Å². The standard InChI is InChI=1S/C20H20ClNO/c1-14(18-8-4-6-15-5-2-3-7-19(15)18)22-13-20(23)16-9-11-17(21)12-10-16/h2-12,14,20,22-23H,13H2,1H3/t14-,20-/m0/s1. The molecule has 2 atom stereocenters. The van der Waals surface area contributed by atoms with Gasteiger partial charge in [0.1, 0.15) is 0 Å². The number of benzene rings is 3. The summed E-state index contributed by atoms with van der Waals surface area (Å²) < 4.78 is 0. The lowest BCUT2D eigenvalue weighted by molar-refractivity contribution is 0.171. The van der Waals surface area contributed by atoms with E-state index in [0.29, 0.717) is 11.6 Å². The average Bonchev–Trinajstić information content (AvgIpc) is 2.59. The maximum Gasteiger partial charge on any atom is 0.0914 e. The van der Waals surface area contributed by atoms with Gasteiger partial charge in [-0.3, -0.25) is 0 Å². The summed E-state index contributed by atoms with van der Waals surface area (Å²) in [6, 6.07) is 22.2. The van der Waals surface area contributed by atoms with Crippen LogP contribution in [0.4, 0.5) is 0 Å². The summed E-state index contributed by atoms with van der Waals surface area (Å²) in [4.78, 5) is 0. The molecule has 0 spiro atoms. The van der Waals surface area contributed by atoms with Crippen LogP contribution in [0.1, 0.15) is 30.2 Å². The highest BCUT2D eigenvalue weighted by Gasteiger charge is 2.12. The molecule has 0 radical (unpaired) electrons. The van der Waals surface area contributed by atoms with Crippen molar-refractivity contribution in [2.45, 2.75) is 19.1 Å². The second-order valence-corrected chi connectivity index (χ2v) is 6.20. The van der Waals surface area contributed by atoms with Crippen molar-refractivity contribution in [2.24, 2.45) is 0 Å². The van der Waals surface area contributed by atoms with Gasteiger partial charge in [-0.05, 0) is 41.0 Å². The molecule has 0 saturated carbocycles. The summed E-state index contributed by atoms with van der Waals surface area (Å²) in [5.41, 5.74) is 2.11. The van der Waals surface area contributed by atoms with Crippen LogP contribution in [0.15, 0.2) is 66.7 Å². The van der Waals surface area contributed by atoms with Crippen LogP contribution in [0.25, 0.3) is 10.8 Å². The second kappa shape index (κ2) is 7.14. The molecule has 0 heterocycles. The zero-order valence-corrected chi connectivity index (χ0v) is 13.8. The smallest absolute Gasteiger partial charge is 0.0914 e. The summed E-state index contributed by atoms with van der Waals surface area (Å²) in [5.74, 6) is 0. The Morgan fingerprint density at radius 1 is 0.957 bits per heavy atom. The molecule has 2 N–H and O–H groups in total. The van der Waals surface area contributed by atoms with Crippen LogP contribution in [-0.2, 0) is 0 Å². The number of fused-ring (bicyclic) bond motifs is 1. The van der Waals surface area contributed by atoms with E-state index < -0.39 is 6.10 Å². The molecule has 2 nitrogen and oxygen atoms in total. The molecule has 0 amide bonds. The molecule has 0 bridgehead atoms. The van der Waals surface area contributed by atoms with E-state index >= 15 is 0 Å². The number of aliphatic hydroxyl groups is 1. The van der Waals surface area contributed by atoms with Gasteiger partial charge in [0.05, 0.1) is 6.10 Å². The van der Waals surface area contributed by atoms with Gasteiger partial charge in [0.15, 0.2) is 0 Å². The van der Waals surface area contributed by atoms with Crippen molar-refractivity contribution in [3.63, 3.8) is 0 Å². The van der Waals surface area contributed by atoms with E-state index in [1.165, 1.54) is 16.3 Å². The maximum absolute atomic E-state index is 10.3. The van der Waals surface area contributed by atoms with Gasteiger partial charge in [-0.15, -0.1) is 0 Å². The van der Waals surface area contributed by atoms with E-state index in [-0.39, 0.29) is 6.04 Å². The fourth-order valence-electron chi connectivity index (χ4n) is 2.83. The zero-order valence-electron chi connectivity index (χ0n) is 13.0. The molecule has 3 rings (SSSR count). The van der Waals surface area contributed by atoms with Gasteiger partial charge in [0.25, 0.3) is 0 Å². The largest absolute Gasteiger partial charge is 0.387 e. The highest BCUT2D eigenvalue weighted by Crippen LogP contribution is 2.24. The van der Waals surface area contributed by atoms with Crippen molar-refractivity contribution in [3.05, 3.63) is 82.9 Å². The summed E-state index contributed by atoms with van der Waals surface area (Å²) in [7, 11) is 0. The molecule has 0 aliphatic heterocycles. The van der Waals surface area contributed by atoms with Crippen molar-refractivity contribution >= 4 is 22.4 Å². The molecule has 23 heavy (non-hydrogen) atoms. The predicted molar refractivity (Wildman–Crippen MR) is 96.8 cm³/mol. The Hall–Kier alpha value is -1.87. The van der Waals surface area contributed by atoms with Crippen molar-refractivity contribution in [2.75, 3.05) is 6.54 Å². The SMILES string of the molecule is C[C@H](NC[C@H](O)c1ccc(Cl)cc1)c1cccc2ccccc12. The van der Waals surface area contributed by atoms with Crippen LogP contribution < -0.4 is 5.32 Å². The molecule has 3 heteroatoms. The first kappa shape index (κ1) is 16.0. The van der Waals surface area contributed by atoms with Crippen molar-refractivity contribution in [1.82, 2.24) is 5.32 Å². The summed E-state index contributed by atoms with van der Waals surface area (Å²) in [6.07, 6.45) is -0.551. The summed E-state index contributed by atoms with van der Waals surface area (Å²) >= 11 is 5.88. The molecule has 3 aromatic rings. The first-order chi connectivity index (χ1) is 11.1. The third-order valence-electron chi connectivity index (χ3n) is 4.16. The Morgan fingerprint density at radius 3 is 2.43 bits per heavy atom. The lowest BCUT2D eigenvalue weighted by Gasteiger charge is -2.19. The summed E-state index contributed by atoms with van der Waals surface area (Å²) in [5, 5.41) is 16.9. The Bertz CT molecular complexity index is 780. The lowest BCUT2D eigenvalue weighted by atomic mass is 9.99. The van der Waals surface area contributed by atoms with Gasteiger partial charge < -0.3 is 10.4 Å². The van der Waals surface area contributed by atoms with Gasteiger partial charge in [0.2, 0.25) is 0 Å². The lowest BCUT2D eigenvalue weighted by Crippen LogP contribution is -2.24. The van der Waals surface area contributed by atoms with E-state index in [1.54, 1.807) is 12.1 Å². The minimum atomic E-state index is -0.551. The van der Waals surface area contributed by atoms with Crippen LogP contribution in [0.5, 0.6) is 0 Å². The van der Waals surface area contributed by atoms with Gasteiger partial charge in [-0.25, -0.2) is 0 Å². The van der Waals surface area contributed by atoms with Crippen molar-refractivity contribution in [1.29, 1.82) is 0 Å². The van der Waals surface area contributed by atoms with Gasteiger partial charge in [-0.1, -0.05) is 66.2 Å². The third-order valence-corrected chi connectivity index (χ3v) is 4.41. The molecule has 0 aromatic heterocycles. The Morgan fingerprint density at radius 2 is 1.65 bits per heavy atom. The van der Waals surface area contributed by atoms with Crippen LogP contribution in [0.2, 0.25) is 5.02 Å². The minimum absolute atomic E-state index is 0.156. The van der Waals surface area contributed by atoms with E-state index in [4.69, 9.17) is 11.6 Å². The van der Waals surface area contributed by atoms with Gasteiger partial charge >= 0.3 is 0 Å². The topological polar surface area (TPSA) is 32.3 Å². The first-order valence-corrected chi connectivity index (χ1v) is 8.17. The molecule has 3 aromatic carbocycles. The molecule has 0 fully saturated rings. The average molecular weight is 326 g/mol. The molecule has 118 valence electrons. The summed E-state index contributed by atoms with van der Waals surface area (Å²) in [6.45, 7) is 2.61. The monoisotopic (exact) mass is 325 g/mol. The van der Waals surface area contributed by atoms with Crippen LogP contribution in [-0.4, -0.2) is 11.7 Å². The van der Waals surface area contributed by atoms with Crippen molar-refractivity contribution in [3.8, 4) is 0 Å². The van der Waals surface area contributed by atoms with E-state index in [1.807, 2.05) is 12.1 Å². The van der Waals surface area contributed by atoms with Crippen molar-refractivity contribution < 1.29 is 5.11 Å². The van der Waals surface area contributed by atoms with Gasteiger partial charge in [0, 0.05) is 17.6 Å². The maximum atomic E-state index is 10.3. The normalized spacial score (nSPS) is 13.9. The van der Waals surface area contributed by atoms with E-state index in [9.17, 15) is 5.11 Å². The fourth-order valence-corrected chi connectivity index (χ4v) is 2.96. The molecule has 0 aliphatic rings. The van der Waals surface area contributed by atoms with Gasteiger partial charge in [-0.2, -0.15) is 0 Å². The van der Waals surface area contributed by atoms with Crippen LogP contribution in [0, 0.1) is 0 Å². The predicted octanol–water partition coefficient (Wildman–Crippen LogP) is 4.88. The van der Waals surface area contributed by atoms with E-state index in [0.717, 1.165) is 5.56 Å². The molecule has 0 saturated heterocycles. The number of halogens is 1. The zero-order chi connectivity index (χ0) is 16.2. The number of hydrogen-bond acceptors (Lipinski definition) is 2. The van der Waals surface area contributed by atoms with Crippen LogP contribution in [0.3, 0.4) is 0 Å². The first-order valence-electron chi connectivity index (χ1n) is 7.80. The van der Waals surface area contributed by atoms with E-state index in [2.05, 4.69) is 54.7 Å². The quantitative estimate of drug-likeness (QED) is 0.701. The molecule has 0 aliphatic carbocycles. The minimum Gasteiger partial charge on any atom is -0.387 e. The highest BCUT2D eigenvalue weighted by atomic mass is 35.5. The Labute approximate surface area is 141 Å². The highest BCUT2D eigenvalue weighted by molar-refractivity contribution is 6.30. The third kappa shape index (κ3) is 3.73. The fraction of sp³-hybridized carbons (Fsp3) is 0.200. The molecular formula is C20H20ClNO. The Balaban J connectivity index is 1.71. The number of aliphatic hydroxyl groups excluding tert-OH is 1. The number of nitrogens with one attached hydrogen (secondary N) is 1.